The predicted molar refractivity (Wildman–Crippen MR) is 49.6 cm³/mol. The van der Waals surface area contributed by atoms with Gasteiger partial charge in [0.05, 0.1) is 11.4 Å². The smallest absolute Gasteiger partial charge is 0.169 e. The van der Waals surface area contributed by atoms with E-state index in [0.29, 0.717) is 11.5 Å². The number of nitrogens with two attached hydrogens (primary N) is 2. The van der Waals surface area contributed by atoms with E-state index in [1.54, 1.807) is 6.07 Å². The van der Waals surface area contributed by atoms with Crippen molar-refractivity contribution in [2.45, 2.75) is 26.2 Å². The summed E-state index contributed by atoms with van der Waals surface area (Å²) in [6.07, 6.45) is 0. The first-order valence-electron chi connectivity index (χ1n) is 3.80. The van der Waals surface area contributed by atoms with Gasteiger partial charge in [-0.25, -0.2) is 0 Å². The summed E-state index contributed by atoms with van der Waals surface area (Å²) in [4.78, 5) is 0. The Balaban J connectivity index is 3.14. The third kappa shape index (κ3) is 1.64. The van der Waals surface area contributed by atoms with Crippen LogP contribution in [-0.4, -0.2) is 10.2 Å². The quantitative estimate of drug-likeness (QED) is 0.601. The summed E-state index contributed by atoms with van der Waals surface area (Å²) in [6.45, 7) is 6.14. The fourth-order valence-electron chi connectivity index (χ4n) is 0.782. The van der Waals surface area contributed by atoms with Gasteiger partial charge in [-0.2, -0.15) is 5.10 Å². The van der Waals surface area contributed by atoms with E-state index in [2.05, 4.69) is 10.2 Å². The maximum atomic E-state index is 5.59. The maximum absolute atomic E-state index is 5.59. The molecule has 0 amide bonds. The van der Waals surface area contributed by atoms with Crippen LogP contribution in [0.25, 0.3) is 0 Å². The molecule has 1 aromatic heterocycles. The molecular formula is C8H14N4. The molecule has 4 nitrogen and oxygen atoms in total. The van der Waals surface area contributed by atoms with Gasteiger partial charge in [0.2, 0.25) is 0 Å². The monoisotopic (exact) mass is 166 g/mol. The summed E-state index contributed by atoms with van der Waals surface area (Å²) in [5, 5.41) is 7.70. The Morgan fingerprint density at radius 3 is 2.17 bits per heavy atom. The van der Waals surface area contributed by atoms with E-state index >= 15 is 0 Å². The second kappa shape index (κ2) is 2.62. The van der Waals surface area contributed by atoms with Gasteiger partial charge in [0.1, 0.15) is 0 Å². The highest BCUT2D eigenvalue weighted by Crippen LogP contribution is 2.22. The molecule has 66 valence electrons. The van der Waals surface area contributed by atoms with E-state index < -0.39 is 0 Å². The minimum atomic E-state index is -0.0329. The van der Waals surface area contributed by atoms with Crippen molar-refractivity contribution in [2.24, 2.45) is 0 Å². The summed E-state index contributed by atoms with van der Waals surface area (Å²) >= 11 is 0. The largest absolute Gasteiger partial charge is 0.396 e. The Labute approximate surface area is 72.0 Å². The highest BCUT2D eigenvalue weighted by molar-refractivity contribution is 5.57. The van der Waals surface area contributed by atoms with Gasteiger partial charge in [0.25, 0.3) is 0 Å². The average Bonchev–Trinajstić information content (AvgIpc) is 1.92. The molecule has 12 heavy (non-hydrogen) atoms. The Morgan fingerprint density at radius 1 is 1.17 bits per heavy atom. The van der Waals surface area contributed by atoms with Crippen LogP contribution >= 0.6 is 0 Å². The fraction of sp³-hybridized carbons (Fsp3) is 0.500. The van der Waals surface area contributed by atoms with Crippen LogP contribution in [0.1, 0.15) is 26.5 Å². The lowest BCUT2D eigenvalue weighted by Gasteiger charge is -2.16. The van der Waals surface area contributed by atoms with E-state index in [0.717, 1.165) is 5.69 Å². The van der Waals surface area contributed by atoms with Crippen molar-refractivity contribution in [1.82, 2.24) is 10.2 Å². The molecule has 0 saturated heterocycles. The molecule has 0 fully saturated rings. The van der Waals surface area contributed by atoms with Crippen LogP contribution in [0.2, 0.25) is 0 Å². The number of hydrogen-bond donors (Lipinski definition) is 2. The Kier molecular flexibility index (Phi) is 1.92. The first kappa shape index (κ1) is 8.77. The van der Waals surface area contributed by atoms with Gasteiger partial charge in [-0.05, 0) is 6.07 Å². The predicted octanol–water partition coefficient (Wildman–Crippen LogP) is 0.939. The summed E-state index contributed by atoms with van der Waals surface area (Å²) in [5.74, 6) is 0.294. The standard InChI is InChI=1S/C8H14N4/c1-8(2,3)6-4-5(9)7(10)12-11-6/h4H,1-3H3,(H2,9,11)(H2,10,12). The van der Waals surface area contributed by atoms with Crippen LogP contribution in [-0.2, 0) is 5.41 Å². The van der Waals surface area contributed by atoms with E-state index in [1.807, 2.05) is 20.8 Å². The van der Waals surface area contributed by atoms with Crippen molar-refractivity contribution in [2.75, 3.05) is 11.5 Å². The molecule has 0 aromatic carbocycles. The zero-order chi connectivity index (χ0) is 9.35. The first-order valence-corrected chi connectivity index (χ1v) is 3.80. The minimum Gasteiger partial charge on any atom is -0.396 e. The van der Waals surface area contributed by atoms with Crippen LogP contribution in [0.15, 0.2) is 6.07 Å². The van der Waals surface area contributed by atoms with Crippen molar-refractivity contribution in [3.63, 3.8) is 0 Å². The molecule has 1 heterocycles. The number of anilines is 2. The summed E-state index contributed by atoms with van der Waals surface area (Å²) < 4.78 is 0. The van der Waals surface area contributed by atoms with Gasteiger partial charge in [0.15, 0.2) is 5.82 Å². The zero-order valence-electron chi connectivity index (χ0n) is 7.63. The number of rotatable bonds is 0. The molecule has 1 rings (SSSR count). The van der Waals surface area contributed by atoms with Crippen molar-refractivity contribution >= 4 is 11.5 Å². The number of hydrogen-bond acceptors (Lipinski definition) is 4. The number of nitrogens with zero attached hydrogens (tertiary/aromatic N) is 2. The molecule has 4 heteroatoms. The van der Waals surface area contributed by atoms with E-state index in [4.69, 9.17) is 11.5 Å². The molecule has 0 atom stereocenters. The Bertz CT molecular complexity index is 288. The first-order chi connectivity index (χ1) is 5.41. The molecule has 0 aliphatic rings. The van der Waals surface area contributed by atoms with Gasteiger partial charge in [-0.1, -0.05) is 20.8 Å². The molecular weight excluding hydrogens is 152 g/mol. The van der Waals surface area contributed by atoms with Crippen LogP contribution < -0.4 is 11.5 Å². The number of nitrogen functional groups attached to an aromatic ring is 2. The third-order valence-corrected chi connectivity index (χ3v) is 1.62. The SMILES string of the molecule is CC(C)(C)c1cc(N)c(N)nn1. The second-order valence-electron chi connectivity index (χ2n) is 3.82. The van der Waals surface area contributed by atoms with Crippen LogP contribution in [0.5, 0.6) is 0 Å². The molecule has 4 N–H and O–H groups in total. The molecule has 0 aliphatic heterocycles. The van der Waals surface area contributed by atoms with Gasteiger partial charge in [0, 0.05) is 5.41 Å². The topological polar surface area (TPSA) is 77.8 Å². The maximum Gasteiger partial charge on any atom is 0.169 e. The zero-order valence-corrected chi connectivity index (χ0v) is 7.63. The van der Waals surface area contributed by atoms with E-state index in [-0.39, 0.29) is 5.41 Å². The van der Waals surface area contributed by atoms with E-state index in [1.165, 1.54) is 0 Å². The highest BCUT2D eigenvalue weighted by Gasteiger charge is 2.16. The molecule has 0 saturated carbocycles. The molecule has 0 aliphatic carbocycles. The van der Waals surface area contributed by atoms with Gasteiger partial charge < -0.3 is 11.5 Å². The number of aromatic nitrogens is 2. The normalized spacial score (nSPS) is 11.6. The molecule has 0 radical (unpaired) electrons. The van der Waals surface area contributed by atoms with Crippen molar-refractivity contribution < 1.29 is 0 Å². The lowest BCUT2D eigenvalue weighted by Crippen LogP contribution is -2.15. The van der Waals surface area contributed by atoms with Crippen molar-refractivity contribution in [3.8, 4) is 0 Å². The van der Waals surface area contributed by atoms with Gasteiger partial charge >= 0.3 is 0 Å². The Morgan fingerprint density at radius 2 is 1.75 bits per heavy atom. The fourth-order valence-corrected chi connectivity index (χ4v) is 0.782. The average molecular weight is 166 g/mol. The van der Waals surface area contributed by atoms with Crippen LogP contribution in [0, 0.1) is 0 Å². The summed E-state index contributed by atoms with van der Waals surface area (Å²) in [7, 11) is 0. The summed E-state index contributed by atoms with van der Waals surface area (Å²) in [5.41, 5.74) is 12.3. The van der Waals surface area contributed by atoms with E-state index in [9.17, 15) is 0 Å². The Hall–Kier alpha value is -1.32. The second-order valence-corrected chi connectivity index (χ2v) is 3.82. The van der Waals surface area contributed by atoms with Crippen LogP contribution in [0.4, 0.5) is 11.5 Å². The molecule has 0 unspecified atom stereocenters. The van der Waals surface area contributed by atoms with Crippen molar-refractivity contribution in [3.05, 3.63) is 11.8 Å². The summed E-state index contributed by atoms with van der Waals surface area (Å²) in [6, 6.07) is 1.77. The lowest BCUT2D eigenvalue weighted by atomic mass is 9.92. The third-order valence-electron chi connectivity index (χ3n) is 1.62. The van der Waals surface area contributed by atoms with Gasteiger partial charge in [-0.15, -0.1) is 5.10 Å². The minimum absolute atomic E-state index is 0.0329. The van der Waals surface area contributed by atoms with Crippen molar-refractivity contribution in [1.29, 1.82) is 0 Å². The van der Waals surface area contributed by atoms with Crippen LogP contribution in [0.3, 0.4) is 0 Å². The highest BCUT2D eigenvalue weighted by atomic mass is 15.1. The molecule has 0 spiro atoms. The lowest BCUT2D eigenvalue weighted by molar-refractivity contribution is 0.560. The van der Waals surface area contributed by atoms with Gasteiger partial charge in [-0.3, -0.25) is 0 Å². The molecule has 0 bridgehead atoms. The molecule has 1 aromatic rings.